The largest absolute Gasteiger partial charge is 0.324 e. The van der Waals surface area contributed by atoms with Crippen molar-refractivity contribution < 1.29 is 13.2 Å². The molecule has 5 nitrogen and oxygen atoms in total. The molecule has 128 valence electrons. The van der Waals surface area contributed by atoms with Gasteiger partial charge in [0.15, 0.2) is 0 Å². The Morgan fingerprint density at radius 2 is 1.71 bits per heavy atom. The zero-order valence-electron chi connectivity index (χ0n) is 12.9. The van der Waals surface area contributed by atoms with Crippen molar-refractivity contribution in [2.24, 2.45) is 0 Å². The summed E-state index contributed by atoms with van der Waals surface area (Å²) in [6, 6.07) is 13.5. The molecule has 2 aromatic carbocycles. The predicted molar refractivity (Wildman–Crippen MR) is 96.8 cm³/mol. The first-order valence-electron chi connectivity index (χ1n) is 6.99. The van der Waals surface area contributed by atoms with Crippen molar-refractivity contribution in [2.75, 3.05) is 18.1 Å². The Morgan fingerprint density at radius 3 is 2.29 bits per heavy atom. The summed E-state index contributed by atoms with van der Waals surface area (Å²) in [7, 11) is -3.56. The molecule has 0 aliphatic carbocycles. The highest BCUT2D eigenvalue weighted by Crippen LogP contribution is 2.20. The third-order valence-electron chi connectivity index (χ3n) is 3.21. The van der Waals surface area contributed by atoms with Gasteiger partial charge in [0, 0.05) is 11.6 Å². The number of para-hydroxylation sites is 1. The van der Waals surface area contributed by atoms with Crippen LogP contribution in [0.4, 0.5) is 5.69 Å². The van der Waals surface area contributed by atoms with Crippen molar-refractivity contribution in [1.29, 1.82) is 0 Å². The highest BCUT2D eigenvalue weighted by molar-refractivity contribution is 7.88. The van der Waals surface area contributed by atoms with Crippen LogP contribution in [0.2, 0.25) is 10.0 Å². The average molecular weight is 387 g/mol. The molecule has 0 bridgehead atoms. The molecule has 0 aromatic heterocycles. The molecule has 0 spiro atoms. The minimum Gasteiger partial charge on any atom is -0.324 e. The third kappa shape index (κ3) is 5.49. The molecular weight excluding hydrogens is 371 g/mol. The van der Waals surface area contributed by atoms with Gasteiger partial charge in [0.05, 0.1) is 23.5 Å². The van der Waals surface area contributed by atoms with Crippen LogP contribution in [0.5, 0.6) is 0 Å². The maximum atomic E-state index is 12.2. The quantitative estimate of drug-likeness (QED) is 0.826. The van der Waals surface area contributed by atoms with E-state index >= 15 is 0 Å². The van der Waals surface area contributed by atoms with Gasteiger partial charge in [-0.2, -0.15) is 4.31 Å². The highest BCUT2D eigenvalue weighted by atomic mass is 35.5. The minimum absolute atomic E-state index is 0.0753. The summed E-state index contributed by atoms with van der Waals surface area (Å²) in [5.41, 5.74) is 1.17. The van der Waals surface area contributed by atoms with Crippen molar-refractivity contribution in [1.82, 2.24) is 4.31 Å². The number of anilines is 1. The lowest BCUT2D eigenvalue weighted by Gasteiger charge is -2.20. The molecule has 0 fully saturated rings. The van der Waals surface area contributed by atoms with Crippen molar-refractivity contribution in [3.05, 3.63) is 64.1 Å². The molecule has 0 unspecified atom stereocenters. The minimum atomic E-state index is -3.56. The van der Waals surface area contributed by atoms with Gasteiger partial charge >= 0.3 is 0 Å². The van der Waals surface area contributed by atoms with Crippen LogP contribution in [0, 0.1) is 0 Å². The first-order chi connectivity index (χ1) is 11.3. The molecule has 8 heteroatoms. The number of carbonyl (C=O) groups is 1. The first kappa shape index (κ1) is 18.7. The fraction of sp³-hybridized carbons (Fsp3) is 0.188. The summed E-state index contributed by atoms with van der Waals surface area (Å²) in [5.74, 6) is -0.470. The Bertz CT molecular complexity index is 823. The molecule has 0 heterocycles. The Kier molecular flexibility index (Phi) is 6.23. The second-order valence-electron chi connectivity index (χ2n) is 5.19. The number of hydrogen-bond acceptors (Lipinski definition) is 3. The smallest absolute Gasteiger partial charge is 0.239 e. The number of nitrogens with one attached hydrogen (secondary N) is 1. The summed E-state index contributed by atoms with van der Waals surface area (Å²) < 4.78 is 25.0. The molecule has 0 radical (unpaired) electrons. The SMILES string of the molecule is CS(=O)(=O)N(CC(=O)Nc1ccccc1Cl)Cc1ccc(Cl)cc1. The maximum Gasteiger partial charge on any atom is 0.239 e. The molecule has 1 amide bonds. The van der Waals surface area contributed by atoms with Gasteiger partial charge in [0.1, 0.15) is 0 Å². The average Bonchev–Trinajstić information content (AvgIpc) is 2.50. The summed E-state index contributed by atoms with van der Waals surface area (Å²) >= 11 is 11.8. The van der Waals surface area contributed by atoms with E-state index in [1.807, 2.05) is 0 Å². The Balaban J connectivity index is 2.10. The van der Waals surface area contributed by atoms with E-state index in [9.17, 15) is 13.2 Å². The standard InChI is InChI=1S/C16H16Cl2N2O3S/c1-24(22,23)20(10-12-6-8-13(17)9-7-12)11-16(21)19-15-5-3-2-4-14(15)18/h2-9H,10-11H2,1H3,(H,19,21). The summed E-state index contributed by atoms with van der Waals surface area (Å²) in [6.07, 6.45) is 1.06. The van der Waals surface area contributed by atoms with E-state index in [4.69, 9.17) is 23.2 Å². The van der Waals surface area contributed by atoms with E-state index < -0.39 is 15.9 Å². The molecule has 0 atom stereocenters. The van der Waals surface area contributed by atoms with Crippen LogP contribution in [0.3, 0.4) is 0 Å². The van der Waals surface area contributed by atoms with E-state index in [-0.39, 0.29) is 13.1 Å². The van der Waals surface area contributed by atoms with Gasteiger partial charge in [0.25, 0.3) is 0 Å². The number of benzene rings is 2. The number of rotatable bonds is 6. The maximum absolute atomic E-state index is 12.2. The summed E-state index contributed by atoms with van der Waals surface area (Å²) in [6.45, 7) is -0.237. The lowest BCUT2D eigenvalue weighted by Crippen LogP contribution is -2.36. The van der Waals surface area contributed by atoms with Gasteiger partial charge in [-0.15, -0.1) is 0 Å². The molecular formula is C16H16Cl2N2O3S. The number of sulfonamides is 1. The van der Waals surface area contributed by atoms with E-state index in [1.54, 1.807) is 48.5 Å². The topological polar surface area (TPSA) is 66.5 Å². The van der Waals surface area contributed by atoms with Gasteiger partial charge in [-0.1, -0.05) is 47.5 Å². The van der Waals surface area contributed by atoms with Gasteiger partial charge in [-0.05, 0) is 29.8 Å². The van der Waals surface area contributed by atoms with Crippen LogP contribution < -0.4 is 5.32 Å². The van der Waals surface area contributed by atoms with Gasteiger partial charge in [-0.3, -0.25) is 4.79 Å². The fourth-order valence-corrected chi connectivity index (χ4v) is 3.04. The van der Waals surface area contributed by atoms with Crippen LogP contribution in [-0.4, -0.2) is 31.4 Å². The molecule has 0 saturated carbocycles. The number of halogens is 2. The number of nitrogens with zero attached hydrogens (tertiary/aromatic N) is 1. The summed E-state index contributed by atoms with van der Waals surface area (Å²) in [5, 5.41) is 3.55. The van der Waals surface area contributed by atoms with E-state index in [1.165, 1.54) is 0 Å². The van der Waals surface area contributed by atoms with Crippen LogP contribution in [-0.2, 0) is 21.4 Å². The molecule has 0 saturated heterocycles. The lowest BCUT2D eigenvalue weighted by atomic mass is 10.2. The molecule has 1 N–H and O–H groups in total. The van der Waals surface area contributed by atoms with Crippen molar-refractivity contribution in [3.8, 4) is 0 Å². The first-order valence-corrected chi connectivity index (χ1v) is 9.60. The van der Waals surface area contributed by atoms with Crippen LogP contribution in [0.15, 0.2) is 48.5 Å². The zero-order chi connectivity index (χ0) is 17.7. The van der Waals surface area contributed by atoms with Gasteiger partial charge in [-0.25, -0.2) is 8.42 Å². The second kappa shape index (κ2) is 7.98. The van der Waals surface area contributed by atoms with E-state index in [2.05, 4.69) is 5.32 Å². The molecule has 2 aromatic rings. The lowest BCUT2D eigenvalue weighted by molar-refractivity contribution is -0.116. The molecule has 0 aliphatic heterocycles. The Labute approximate surface area is 151 Å². The molecule has 2 rings (SSSR count). The van der Waals surface area contributed by atoms with Crippen molar-refractivity contribution in [3.63, 3.8) is 0 Å². The van der Waals surface area contributed by atoms with Crippen LogP contribution >= 0.6 is 23.2 Å². The Morgan fingerprint density at radius 1 is 1.08 bits per heavy atom. The normalized spacial score (nSPS) is 11.5. The van der Waals surface area contributed by atoms with Gasteiger partial charge < -0.3 is 5.32 Å². The highest BCUT2D eigenvalue weighted by Gasteiger charge is 2.21. The molecule has 0 aliphatic rings. The van der Waals surface area contributed by atoms with Crippen molar-refractivity contribution >= 4 is 44.8 Å². The van der Waals surface area contributed by atoms with Crippen LogP contribution in [0.25, 0.3) is 0 Å². The van der Waals surface area contributed by atoms with Crippen LogP contribution in [0.1, 0.15) is 5.56 Å². The number of hydrogen-bond donors (Lipinski definition) is 1. The van der Waals surface area contributed by atoms with Gasteiger partial charge in [0.2, 0.25) is 15.9 Å². The van der Waals surface area contributed by atoms with E-state index in [0.717, 1.165) is 16.1 Å². The monoisotopic (exact) mass is 386 g/mol. The predicted octanol–water partition coefficient (Wildman–Crippen LogP) is 3.39. The number of carbonyl (C=O) groups excluding carboxylic acids is 1. The van der Waals surface area contributed by atoms with Crippen molar-refractivity contribution in [2.45, 2.75) is 6.54 Å². The third-order valence-corrected chi connectivity index (χ3v) is 4.99. The summed E-state index contributed by atoms with van der Waals surface area (Å²) in [4.78, 5) is 12.2. The zero-order valence-corrected chi connectivity index (χ0v) is 15.2. The fourth-order valence-electron chi connectivity index (χ4n) is 2.00. The number of amides is 1. The molecule has 24 heavy (non-hydrogen) atoms. The second-order valence-corrected chi connectivity index (χ2v) is 8.01. The van der Waals surface area contributed by atoms with E-state index in [0.29, 0.717) is 15.7 Å². The Hall–Kier alpha value is -1.60.